The predicted molar refractivity (Wildman–Crippen MR) is 59.9 cm³/mol. The fourth-order valence-electron chi connectivity index (χ4n) is 1.15. The Labute approximate surface area is 94.2 Å². The molecule has 0 fully saturated rings. The summed E-state index contributed by atoms with van der Waals surface area (Å²) in [5.74, 6) is -0.00995. The summed E-state index contributed by atoms with van der Waals surface area (Å²) in [6.45, 7) is 1.30. The van der Waals surface area contributed by atoms with Gasteiger partial charge in [0.2, 0.25) is 0 Å². The Bertz CT molecular complexity index is 343. The molecule has 1 aromatic heterocycles. The smallest absolute Gasteiger partial charge is 0.271 e. The van der Waals surface area contributed by atoms with Crippen molar-refractivity contribution in [3.05, 3.63) is 18.1 Å². The number of carbonyl (C=O) groups excluding carboxylic acids is 1. The summed E-state index contributed by atoms with van der Waals surface area (Å²) in [7, 11) is 1.65. The number of amides is 1. The van der Waals surface area contributed by atoms with Crippen molar-refractivity contribution in [1.82, 2.24) is 15.3 Å². The molecule has 0 unspecified atom stereocenters. The maximum atomic E-state index is 11.5. The molecule has 0 bridgehead atoms. The lowest BCUT2D eigenvalue weighted by Gasteiger charge is -2.04. The lowest BCUT2D eigenvalue weighted by molar-refractivity contribution is 0.0946. The number of hydrogen-bond acceptors (Lipinski definition) is 5. The second-order valence-corrected chi connectivity index (χ2v) is 3.28. The van der Waals surface area contributed by atoms with Crippen molar-refractivity contribution in [2.45, 2.75) is 12.8 Å². The Morgan fingerprint density at radius 2 is 2.31 bits per heavy atom. The van der Waals surface area contributed by atoms with Gasteiger partial charge in [0, 0.05) is 20.3 Å². The highest BCUT2D eigenvalue weighted by molar-refractivity contribution is 5.92. The Balaban J connectivity index is 2.30. The molecule has 16 heavy (non-hydrogen) atoms. The minimum absolute atomic E-state index is 0.242. The maximum Gasteiger partial charge on any atom is 0.271 e. The summed E-state index contributed by atoms with van der Waals surface area (Å²) in [5.41, 5.74) is 5.66. The van der Waals surface area contributed by atoms with E-state index in [1.54, 1.807) is 7.11 Å². The molecule has 0 saturated heterocycles. The van der Waals surface area contributed by atoms with Gasteiger partial charge in [-0.15, -0.1) is 0 Å². The molecule has 1 amide bonds. The van der Waals surface area contributed by atoms with Crippen LogP contribution in [0.15, 0.2) is 12.4 Å². The first kappa shape index (κ1) is 12.4. The van der Waals surface area contributed by atoms with Crippen LogP contribution in [-0.2, 0) is 4.74 Å². The number of nitrogen functional groups attached to an aromatic ring is 1. The third-order valence-electron chi connectivity index (χ3n) is 1.95. The van der Waals surface area contributed by atoms with E-state index in [4.69, 9.17) is 10.5 Å². The molecule has 3 N–H and O–H groups in total. The van der Waals surface area contributed by atoms with E-state index in [1.165, 1.54) is 12.4 Å². The van der Waals surface area contributed by atoms with Gasteiger partial charge in [0.1, 0.15) is 11.5 Å². The number of nitrogens with one attached hydrogen (secondary N) is 1. The number of nitrogens with zero attached hydrogens (tertiary/aromatic N) is 2. The van der Waals surface area contributed by atoms with Gasteiger partial charge in [0.15, 0.2) is 0 Å². The zero-order valence-corrected chi connectivity index (χ0v) is 9.27. The summed E-state index contributed by atoms with van der Waals surface area (Å²) in [6.07, 6.45) is 4.57. The first-order valence-electron chi connectivity index (χ1n) is 5.08. The van der Waals surface area contributed by atoms with Crippen molar-refractivity contribution in [3.63, 3.8) is 0 Å². The van der Waals surface area contributed by atoms with E-state index >= 15 is 0 Å². The molecule has 0 atom stereocenters. The van der Waals surface area contributed by atoms with E-state index in [9.17, 15) is 4.79 Å². The third kappa shape index (κ3) is 4.22. The number of aromatic nitrogens is 2. The molecule has 0 aliphatic rings. The van der Waals surface area contributed by atoms with Crippen LogP contribution in [-0.4, -0.2) is 36.1 Å². The van der Waals surface area contributed by atoms with Gasteiger partial charge in [0.25, 0.3) is 5.91 Å². The Hall–Kier alpha value is -1.69. The summed E-state index contributed by atoms with van der Waals surface area (Å²) in [6, 6.07) is 0. The molecule has 0 spiro atoms. The highest BCUT2D eigenvalue weighted by atomic mass is 16.5. The number of anilines is 1. The van der Waals surface area contributed by atoms with Gasteiger partial charge < -0.3 is 15.8 Å². The first-order chi connectivity index (χ1) is 7.74. The van der Waals surface area contributed by atoms with E-state index in [-0.39, 0.29) is 17.4 Å². The number of methoxy groups -OCH3 is 1. The molecule has 88 valence electrons. The quantitative estimate of drug-likeness (QED) is 0.674. The van der Waals surface area contributed by atoms with Crippen LogP contribution >= 0.6 is 0 Å². The largest absolute Gasteiger partial charge is 0.385 e. The molecule has 0 radical (unpaired) electrons. The zero-order chi connectivity index (χ0) is 11.8. The van der Waals surface area contributed by atoms with Gasteiger partial charge in [-0.25, -0.2) is 4.98 Å². The normalized spacial score (nSPS) is 10.1. The number of hydrogen-bond donors (Lipinski definition) is 2. The standard InChI is InChI=1S/C10H16N4O2/c1-16-5-3-2-4-13-10(15)8-6-12-7-9(11)14-8/h6-7H,2-5H2,1H3,(H2,11,14)(H,13,15). The van der Waals surface area contributed by atoms with Crippen molar-refractivity contribution in [1.29, 1.82) is 0 Å². The second-order valence-electron chi connectivity index (χ2n) is 3.28. The Morgan fingerprint density at radius 3 is 3.00 bits per heavy atom. The van der Waals surface area contributed by atoms with Gasteiger partial charge in [-0.05, 0) is 12.8 Å². The summed E-state index contributed by atoms with van der Waals surface area (Å²) in [5, 5.41) is 2.73. The number of rotatable bonds is 6. The SMILES string of the molecule is COCCCCNC(=O)c1cncc(N)n1. The molecule has 1 rings (SSSR count). The third-order valence-corrected chi connectivity index (χ3v) is 1.95. The van der Waals surface area contributed by atoms with Crippen LogP contribution in [0.5, 0.6) is 0 Å². The van der Waals surface area contributed by atoms with Crippen molar-refractivity contribution in [3.8, 4) is 0 Å². The van der Waals surface area contributed by atoms with Crippen LogP contribution in [0.4, 0.5) is 5.82 Å². The lowest BCUT2D eigenvalue weighted by Crippen LogP contribution is -2.25. The number of nitrogens with two attached hydrogens (primary N) is 1. The van der Waals surface area contributed by atoms with Crippen LogP contribution < -0.4 is 11.1 Å². The number of unbranched alkanes of at least 4 members (excludes halogenated alkanes) is 1. The highest BCUT2D eigenvalue weighted by Gasteiger charge is 2.06. The fourth-order valence-corrected chi connectivity index (χ4v) is 1.15. The molecule has 6 heteroatoms. The Kier molecular flexibility index (Phi) is 5.21. The van der Waals surface area contributed by atoms with E-state index in [0.29, 0.717) is 13.2 Å². The van der Waals surface area contributed by atoms with Gasteiger partial charge in [0.05, 0.1) is 12.4 Å². The van der Waals surface area contributed by atoms with Crippen LogP contribution in [0.1, 0.15) is 23.3 Å². The van der Waals surface area contributed by atoms with Crippen molar-refractivity contribution >= 4 is 11.7 Å². The molecule has 0 saturated carbocycles. The van der Waals surface area contributed by atoms with Crippen molar-refractivity contribution in [2.75, 3.05) is 26.0 Å². The van der Waals surface area contributed by atoms with Crippen LogP contribution in [0.3, 0.4) is 0 Å². The summed E-state index contributed by atoms with van der Waals surface area (Å²) < 4.78 is 4.90. The number of carbonyl (C=O) groups is 1. The average Bonchev–Trinajstić information content (AvgIpc) is 2.28. The maximum absolute atomic E-state index is 11.5. The predicted octanol–water partition coefficient (Wildman–Crippen LogP) is 0.215. The minimum Gasteiger partial charge on any atom is -0.385 e. The van der Waals surface area contributed by atoms with Gasteiger partial charge >= 0.3 is 0 Å². The molecule has 0 aliphatic heterocycles. The highest BCUT2D eigenvalue weighted by Crippen LogP contribution is 1.97. The van der Waals surface area contributed by atoms with Crippen LogP contribution in [0, 0.1) is 0 Å². The second kappa shape index (κ2) is 6.73. The van der Waals surface area contributed by atoms with Crippen molar-refractivity contribution in [2.24, 2.45) is 0 Å². The molecule has 0 aliphatic carbocycles. The monoisotopic (exact) mass is 224 g/mol. The average molecular weight is 224 g/mol. The summed E-state index contributed by atoms with van der Waals surface area (Å²) >= 11 is 0. The van der Waals surface area contributed by atoms with Crippen LogP contribution in [0.25, 0.3) is 0 Å². The molecular formula is C10H16N4O2. The fraction of sp³-hybridized carbons (Fsp3) is 0.500. The minimum atomic E-state index is -0.253. The van der Waals surface area contributed by atoms with Crippen LogP contribution in [0.2, 0.25) is 0 Å². The van der Waals surface area contributed by atoms with E-state index in [0.717, 1.165) is 12.8 Å². The van der Waals surface area contributed by atoms with E-state index in [1.807, 2.05) is 0 Å². The van der Waals surface area contributed by atoms with Crippen molar-refractivity contribution < 1.29 is 9.53 Å². The van der Waals surface area contributed by atoms with Gasteiger partial charge in [-0.3, -0.25) is 9.78 Å². The summed E-state index contributed by atoms with van der Waals surface area (Å²) in [4.78, 5) is 19.2. The molecular weight excluding hydrogens is 208 g/mol. The van der Waals surface area contributed by atoms with Gasteiger partial charge in [-0.1, -0.05) is 0 Å². The van der Waals surface area contributed by atoms with E-state index in [2.05, 4.69) is 15.3 Å². The molecule has 6 nitrogen and oxygen atoms in total. The first-order valence-corrected chi connectivity index (χ1v) is 5.08. The molecule has 1 aromatic rings. The molecule has 1 heterocycles. The van der Waals surface area contributed by atoms with E-state index < -0.39 is 0 Å². The molecule has 0 aromatic carbocycles. The lowest BCUT2D eigenvalue weighted by atomic mass is 10.3. The Morgan fingerprint density at radius 1 is 1.50 bits per heavy atom. The topological polar surface area (TPSA) is 90.1 Å². The van der Waals surface area contributed by atoms with Gasteiger partial charge in [-0.2, -0.15) is 0 Å². The number of ether oxygens (including phenoxy) is 1. The zero-order valence-electron chi connectivity index (χ0n) is 9.27.